The summed E-state index contributed by atoms with van der Waals surface area (Å²) in [7, 11) is 0. The van der Waals surface area contributed by atoms with Gasteiger partial charge in [0.05, 0.1) is 0 Å². The molecule has 2 nitrogen and oxygen atoms in total. The Morgan fingerprint density at radius 1 is 1.19 bits per heavy atom. The third kappa shape index (κ3) is 4.47. The molecule has 112 valence electrons. The monoisotopic (exact) mass is 366 g/mol. The minimum atomic E-state index is -0.0524. The molecule has 2 aromatic carbocycles. The molecule has 0 saturated carbocycles. The van der Waals surface area contributed by atoms with E-state index in [-0.39, 0.29) is 6.04 Å². The molecule has 0 heterocycles. The largest absolute Gasteiger partial charge is 0.372 e. The average Bonchev–Trinajstić information content (AvgIpc) is 2.48. The molecule has 0 fully saturated rings. The van der Waals surface area contributed by atoms with E-state index < -0.39 is 0 Å². The van der Waals surface area contributed by atoms with Crippen molar-refractivity contribution in [3.05, 3.63) is 63.6 Å². The van der Waals surface area contributed by atoms with Gasteiger partial charge in [-0.3, -0.25) is 0 Å². The Hall–Kier alpha value is -1.03. The molecule has 0 spiro atoms. The maximum atomic E-state index is 6.30. The van der Waals surface area contributed by atoms with E-state index in [0.29, 0.717) is 0 Å². The highest BCUT2D eigenvalue weighted by Crippen LogP contribution is 2.27. The van der Waals surface area contributed by atoms with Crippen LogP contribution in [-0.2, 0) is 0 Å². The van der Waals surface area contributed by atoms with Gasteiger partial charge in [0.15, 0.2) is 0 Å². The molecular formula is C17H20BrClN2. The summed E-state index contributed by atoms with van der Waals surface area (Å²) < 4.78 is 0.975. The number of benzene rings is 2. The molecule has 0 aliphatic heterocycles. The number of anilines is 1. The smallest absolute Gasteiger partial charge is 0.0464 e. The summed E-state index contributed by atoms with van der Waals surface area (Å²) in [6, 6.07) is 16.2. The van der Waals surface area contributed by atoms with Gasteiger partial charge in [-0.1, -0.05) is 51.8 Å². The zero-order valence-electron chi connectivity index (χ0n) is 12.1. The Morgan fingerprint density at radius 2 is 1.90 bits per heavy atom. The number of halogens is 2. The summed E-state index contributed by atoms with van der Waals surface area (Å²) in [6.45, 7) is 4.03. The van der Waals surface area contributed by atoms with E-state index in [1.807, 2.05) is 24.3 Å². The summed E-state index contributed by atoms with van der Waals surface area (Å²) >= 11 is 9.68. The van der Waals surface area contributed by atoms with Gasteiger partial charge in [-0.25, -0.2) is 0 Å². The number of hydrogen-bond donors (Lipinski definition) is 1. The van der Waals surface area contributed by atoms with E-state index in [9.17, 15) is 0 Å². The minimum absolute atomic E-state index is 0.0524. The van der Waals surface area contributed by atoms with Crippen LogP contribution in [0.25, 0.3) is 0 Å². The van der Waals surface area contributed by atoms with Crippen molar-refractivity contribution in [1.29, 1.82) is 0 Å². The van der Waals surface area contributed by atoms with Gasteiger partial charge in [-0.15, -0.1) is 0 Å². The number of hydrogen-bond acceptors (Lipinski definition) is 2. The fourth-order valence-electron chi connectivity index (χ4n) is 2.36. The molecule has 21 heavy (non-hydrogen) atoms. The van der Waals surface area contributed by atoms with Crippen LogP contribution in [0.2, 0.25) is 5.02 Å². The fourth-order valence-corrected chi connectivity index (χ4v) is 3.17. The Balaban J connectivity index is 2.01. The summed E-state index contributed by atoms with van der Waals surface area (Å²) in [5, 5.41) is 0.722. The lowest BCUT2D eigenvalue weighted by Crippen LogP contribution is -2.27. The van der Waals surface area contributed by atoms with Crippen molar-refractivity contribution in [2.75, 3.05) is 18.0 Å². The van der Waals surface area contributed by atoms with Crippen LogP contribution in [0.3, 0.4) is 0 Å². The predicted molar refractivity (Wildman–Crippen MR) is 95.0 cm³/mol. The molecule has 1 atom stereocenters. The molecule has 0 aliphatic rings. The van der Waals surface area contributed by atoms with Crippen molar-refractivity contribution in [3.63, 3.8) is 0 Å². The number of nitrogens with two attached hydrogens (primary N) is 1. The topological polar surface area (TPSA) is 29.3 Å². The van der Waals surface area contributed by atoms with Crippen LogP contribution in [0, 0.1) is 0 Å². The molecule has 0 bridgehead atoms. The van der Waals surface area contributed by atoms with Crippen LogP contribution in [0.5, 0.6) is 0 Å². The van der Waals surface area contributed by atoms with Crippen molar-refractivity contribution in [3.8, 4) is 0 Å². The third-order valence-corrected chi connectivity index (χ3v) is 4.40. The van der Waals surface area contributed by atoms with Gasteiger partial charge in [0.25, 0.3) is 0 Å². The average molecular weight is 368 g/mol. The van der Waals surface area contributed by atoms with Crippen LogP contribution >= 0.6 is 27.5 Å². The Kier molecular flexibility index (Phi) is 6.09. The van der Waals surface area contributed by atoms with E-state index in [2.05, 4.69) is 52.0 Å². The van der Waals surface area contributed by atoms with Gasteiger partial charge in [0.2, 0.25) is 0 Å². The number of rotatable bonds is 6. The molecule has 0 aromatic heterocycles. The molecule has 0 saturated heterocycles. The second-order valence-electron chi connectivity index (χ2n) is 4.98. The summed E-state index contributed by atoms with van der Waals surface area (Å²) in [6.07, 6.45) is 0.865. The fraction of sp³-hybridized carbons (Fsp3) is 0.294. The van der Waals surface area contributed by atoms with Crippen molar-refractivity contribution >= 4 is 33.2 Å². The molecule has 0 radical (unpaired) electrons. The predicted octanol–water partition coefficient (Wildman–Crippen LogP) is 5.02. The molecule has 0 aliphatic carbocycles. The third-order valence-electron chi connectivity index (χ3n) is 3.58. The highest BCUT2D eigenvalue weighted by Gasteiger charge is 2.12. The van der Waals surface area contributed by atoms with Crippen molar-refractivity contribution < 1.29 is 0 Å². The first-order chi connectivity index (χ1) is 10.1. The summed E-state index contributed by atoms with van der Waals surface area (Å²) in [4.78, 5) is 2.33. The molecule has 1 unspecified atom stereocenters. The van der Waals surface area contributed by atoms with Crippen LogP contribution in [-0.4, -0.2) is 13.1 Å². The lowest BCUT2D eigenvalue weighted by atomic mass is 10.0. The maximum Gasteiger partial charge on any atom is 0.0464 e. The first kappa shape index (κ1) is 16.3. The van der Waals surface area contributed by atoms with Crippen LogP contribution in [0.15, 0.2) is 53.0 Å². The first-order valence-electron chi connectivity index (χ1n) is 7.12. The van der Waals surface area contributed by atoms with E-state index in [4.69, 9.17) is 17.3 Å². The Morgan fingerprint density at radius 3 is 2.52 bits per heavy atom. The normalized spacial score (nSPS) is 12.2. The van der Waals surface area contributed by atoms with E-state index in [0.717, 1.165) is 34.6 Å². The first-order valence-corrected chi connectivity index (χ1v) is 8.29. The van der Waals surface area contributed by atoms with Gasteiger partial charge < -0.3 is 10.6 Å². The quantitative estimate of drug-likeness (QED) is 0.777. The SMILES string of the molecule is CCN(CCC(N)c1ccc(Br)cc1Cl)c1ccccc1. The zero-order chi connectivity index (χ0) is 15.2. The van der Waals surface area contributed by atoms with E-state index in [1.165, 1.54) is 5.69 Å². The standard InChI is InChI=1S/C17H20BrClN2/c1-2-21(14-6-4-3-5-7-14)11-10-17(20)15-9-8-13(18)12-16(15)19/h3-9,12,17H,2,10-11,20H2,1H3. The van der Waals surface area contributed by atoms with Gasteiger partial charge in [0, 0.05) is 34.3 Å². The van der Waals surface area contributed by atoms with Gasteiger partial charge in [-0.2, -0.15) is 0 Å². The van der Waals surface area contributed by atoms with E-state index >= 15 is 0 Å². The number of nitrogens with zero attached hydrogens (tertiary/aromatic N) is 1. The molecule has 0 amide bonds. The summed E-state index contributed by atoms with van der Waals surface area (Å²) in [5.41, 5.74) is 8.53. The van der Waals surface area contributed by atoms with Gasteiger partial charge in [0.1, 0.15) is 0 Å². The van der Waals surface area contributed by atoms with Crippen LogP contribution in [0.1, 0.15) is 24.9 Å². The Labute approximate surface area is 140 Å². The zero-order valence-corrected chi connectivity index (χ0v) is 14.4. The second-order valence-corrected chi connectivity index (χ2v) is 6.30. The maximum absolute atomic E-state index is 6.30. The molecule has 2 rings (SSSR count). The highest BCUT2D eigenvalue weighted by atomic mass is 79.9. The van der Waals surface area contributed by atoms with Crippen LogP contribution < -0.4 is 10.6 Å². The van der Waals surface area contributed by atoms with Crippen molar-refractivity contribution in [2.45, 2.75) is 19.4 Å². The van der Waals surface area contributed by atoms with Gasteiger partial charge >= 0.3 is 0 Å². The minimum Gasteiger partial charge on any atom is -0.372 e. The molecular weight excluding hydrogens is 348 g/mol. The summed E-state index contributed by atoms with van der Waals surface area (Å²) in [5.74, 6) is 0. The molecule has 4 heteroatoms. The van der Waals surface area contributed by atoms with Crippen molar-refractivity contribution in [2.24, 2.45) is 5.73 Å². The Bertz CT molecular complexity index is 574. The van der Waals surface area contributed by atoms with Crippen molar-refractivity contribution in [1.82, 2.24) is 0 Å². The lowest BCUT2D eigenvalue weighted by Gasteiger charge is -2.25. The van der Waals surface area contributed by atoms with E-state index in [1.54, 1.807) is 0 Å². The second kappa shape index (κ2) is 7.83. The lowest BCUT2D eigenvalue weighted by molar-refractivity contribution is 0.632. The van der Waals surface area contributed by atoms with Crippen LogP contribution in [0.4, 0.5) is 5.69 Å². The van der Waals surface area contributed by atoms with Gasteiger partial charge in [-0.05, 0) is 43.2 Å². The highest BCUT2D eigenvalue weighted by molar-refractivity contribution is 9.10. The number of para-hydroxylation sites is 1. The molecule has 2 N–H and O–H groups in total. The molecule has 2 aromatic rings.